The third-order valence-corrected chi connectivity index (χ3v) is 3.26. The maximum atomic E-state index is 10.1. The van der Waals surface area contributed by atoms with Crippen molar-refractivity contribution in [1.29, 1.82) is 0 Å². The maximum Gasteiger partial charge on any atom is 0.108 e. The zero-order valence-corrected chi connectivity index (χ0v) is 11.3. The number of benzene rings is 2. The molecule has 100 valence electrons. The highest BCUT2D eigenvalue weighted by atomic mass is 32.1. The molecule has 0 radical (unpaired) electrons. The average Bonchev–Trinajstić information content (AvgIpc) is 2.47. The van der Waals surface area contributed by atoms with E-state index in [9.17, 15) is 10.2 Å². The van der Waals surface area contributed by atoms with Crippen molar-refractivity contribution in [3.8, 4) is 0 Å². The first-order chi connectivity index (χ1) is 9.22. The molecule has 4 heteroatoms. The molecule has 0 aliphatic rings. The molecule has 3 nitrogen and oxygen atoms in total. The lowest BCUT2D eigenvalue weighted by Crippen LogP contribution is -2.20. The molecule has 0 saturated heterocycles. The normalized spacial score (nSPS) is 13.8. The lowest BCUT2D eigenvalue weighted by Gasteiger charge is -2.20. The smallest absolute Gasteiger partial charge is 0.108 e. The summed E-state index contributed by atoms with van der Waals surface area (Å²) in [4.78, 5) is 0. The van der Waals surface area contributed by atoms with Gasteiger partial charge in [0.25, 0.3) is 0 Å². The highest BCUT2D eigenvalue weighted by Crippen LogP contribution is 2.28. The van der Waals surface area contributed by atoms with E-state index in [0.717, 1.165) is 11.4 Å². The third-order valence-electron chi connectivity index (χ3n) is 2.88. The van der Waals surface area contributed by atoms with E-state index in [4.69, 9.17) is 0 Å². The fraction of sp³-hybridized carbons (Fsp3) is 0.200. The van der Waals surface area contributed by atoms with Crippen LogP contribution in [0.3, 0.4) is 0 Å². The van der Waals surface area contributed by atoms with Gasteiger partial charge in [-0.3, -0.25) is 0 Å². The summed E-state index contributed by atoms with van der Waals surface area (Å²) >= 11 is 4.01. The quantitative estimate of drug-likeness (QED) is 0.635. The van der Waals surface area contributed by atoms with Crippen LogP contribution in [0, 0.1) is 0 Å². The van der Waals surface area contributed by atoms with Crippen molar-refractivity contribution >= 4 is 24.0 Å². The topological polar surface area (TPSA) is 52.5 Å². The zero-order valence-electron chi connectivity index (χ0n) is 10.4. The monoisotopic (exact) mass is 275 g/mol. The summed E-state index contributed by atoms with van der Waals surface area (Å²) in [5, 5.41) is 23.1. The van der Waals surface area contributed by atoms with Crippen LogP contribution in [0.4, 0.5) is 11.4 Å². The van der Waals surface area contributed by atoms with Crippen LogP contribution in [0.15, 0.2) is 54.6 Å². The Morgan fingerprint density at radius 2 is 1.58 bits per heavy atom. The molecule has 0 spiro atoms. The van der Waals surface area contributed by atoms with Gasteiger partial charge in [-0.25, -0.2) is 0 Å². The van der Waals surface area contributed by atoms with Crippen molar-refractivity contribution in [1.82, 2.24) is 0 Å². The first kappa shape index (κ1) is 13.9. The van der Waals surface area contributed by atoms with Crippen molar-refractivity contribution in [2.24, 2.45) is 0 Å². The molecule has 0 bridgehead atoms. The molecule has 0 aromatic heterocycles. The molecule has 0 aliphatic heterocycles. The SMILES string of the molecule is OC(CS)C(O)c1ccccc1Nc1ccccc1. The van der Waals surface area contributed by atoms with Crippen LogP contribution in [0.25, 0.3) is 0 Å². The number of anilines is 2. The molecule has 0 amide bonds. The number of thiol groups is 1. The summed E-state index contributed by atoms with van der Waals surface area (Å²) in [6, 6.07) is 17.1. The molecule has 3 N–H and O–H groups in total. The van der Waals surface area contributed by atoms with Crippen LogP contribution >= 0.6 is 12.6 Å². The first-order valence-corrected chi connectivity index (χ1v) is 6.73. The third kappa shape index (κ3) is 3.50. The number of para-hydroxylation sites is 2. The molecule has 2 rings (SSSR count). The molecule has 0 saturated carbocycles. The van der Waals surface area contributed by atoms with Crippen LogP contribution < -0.4 is 5.32 Å². The molecule has 2 atom stereocenters. The number of aliphatic hydroxyl groups is 2. The summed E-state index contributed by atoms with van der Waals surface area (Å²) in [6.45, 7) is 0. The number of hydrogen-bond acceptors (Lipinski definition) is 4. The number of hydrogen-bond donors (Lipinski definition) is 4. The Morgan fingerprint density at radius 1 is 0.947 bits per heavy atom. The van der Waals surface area contributed by atoms with E-state index in [0.29, 0.717) is 5.56 Å². The molecular formula is C15H17NO2S. The number of rotatable bonds is 5. The summed E-state index contributed by atoms with van der Waals surface area (Å²) < 4.78 is 0. The Hall–Kier alpha value is -1.49. The minimum absolute atomic E-state index is 0.209. The van der Waals surface area contributed by atoms with Crippen molar-refractivity contribution < 1.29 is 10.2 Å². The Bertz CT molecular complexity index is 519. The number of aliphatic hydroxyl groups excluding tert-OH is 2. The van der Waals surface area contributed by atoms with E-state index in [2.05, 4.69) is 17.9 Å². The molecule has 2 aromatic carbocycles. The van der Waals surface area contributed by atoms with Gasteiger partial charge in [0.2, 0.25) is 0 Å². The highest BCUT2D eigenvalue weighted by molar-refractivity contribution is 7.80. The van der Waals surface area contributed by atoms with Crippen LogP contribution in [0.1, 0.15) is 11.7 Å². The molecule has 0 aliphatic carbocycles. The molecule has 2 aromatic rings. The van der Waals surface area contributed by atoms with E-state index >= 15 is 0 Å². The summed E-state index contributed by atoms with van der Waals surface area (Å²) in [7, 11) is 0. The van der Waals surface area contributed by atoms with E-state index in [1.165, 1.54) is 0 Å². The van der Waals surface area contributed by atoms with Gasteiger partial charge in [0, 0.05) is 22.7 Å². The molecule has 0 heterocycles. The standard InChI is InChI=1S/C15H17NO2S/c17-14(10-19)15(18)12-8-4-5-9-13(12)16-11-6-2-1-3-7-11/h1-9,14-19H,10H2. The largest absolute Gasteiger partial charge is 0.389 e. The van der Waals surface area contributed by atoms with Gasteiger partial charge in [0.15, 0.2) is 0 Å². The van der Waals surface area contributed by atoms with E-state index in [-0.39, 0.29) is 5.75 Å². The summed E-state index contributed by atoms with van der Waals surface area (Å²) in [6.07, 6.45) is -1.84. The van der Waals surface area contributed by atoms with E-state index < -0.39 is 12.2 Å². The molecule has 0 fully saturated rings. The molecule has 2 unspecified atom stereocenters. The second kappa shape index (κ2) is 6.61. The summed E-state index contributed by atoms with van der Waals surface area (Å²) in [5.41, 5.74) is 2.37. The van der Waals surface area contributed by atoms with Crippen molar-refractivity contribution in [2.45, 2.75) is 12.2 Å². The van der Waals surface area contributed by atoms with Gasteiger partial charge in [-0.05, 0) is 18.2 Å². The van der Waals surface area contributed by atoms with Crippen molar-refractivity contribution in [3.63, 3.8) is 0 Å². The van der Waals surface area contributed by atoms with Crippen molar-refractivity contribution in [2.75, 3.05) is 11.1 Å². The summed E-state index contributed by atoms with van der Waals surface area (Å²) in [5.74, 6) is 0.209. The fourth-order valence-corrected chi connectivity index (χ4v) is 2.05. The molecular weight excluding hydrogens is 258 g/mol. The highest BCUT2D eigenvalue weighted by Gasteiger charge is 2.19. The van der Waals surface area contributed by atoms with Gasteiger partial charge >= 0.3 is 0 Å². The second-order valence-electron chi connectivity index (χ2n) is 4.27. The van der Waals surface area contributed by atoms with Gasteiger partial charge in [-0.1, -0.05) is 36.4 Å². The Labute approximate surface area is 118 Å². The van der Waals surface area contributed by atoms with E-state index in [1.54, 1.807) is 6.07 Å². The Morgan fingerprint density at radius 3 is 2.26 bits per heavy atom. The van der Waals surface area contributed by atoms with Gasteiger partial charge in [-0.15, -0.1) is 0 Å². The predicted molar refractivity (Wildman–Crippen MR) is 81.0 cm³/mol. The van der Waals surface area contributed by atoms with E-state index in [1.807, 2.05) is 48.5 Å². The molecule has 19 heavy (non-hydrogen) atoms. The minimum Gasteiger partial charge on any atom is -0.389 e. The van der Waals surface area contributed by atoms with Crippen LogP contribution in [-0.4, -0.2) is 22.1 Å². The van der Waals surface area contributed by atoms with Crippen LogP contribution in [0.5, 0.6) is 0 Å². The fourth-order valence-electron chi connectivity index (χ4n) is 1.85. The van der Waals surface area contributed by atoms with Gasteiger partial charge in [-0.2, -0.15) is 12.6 Å². The Kier molecular flexibility index (Phi) is 4.85. The van der Waals surface area contributed by atoms with Crippen LogP contribution in [-0.2, 0) is 0 Å². The lowest BCUT2D eigenvalue weighted by molar-refractivity contribution is 0.0342. The Balaban J connectivity index is 2.26. The number of nitrogens with one attached hydrogen (secondary N) is 1. The predicted octanol–water partition coefficient (Wildman–Crippen LogP) is 2.75. The van der Waals surface area contributed by atoms with Gasteiger partial charge in [0.1, 0.15) is 6.10 Å². The zero-order chi connectivity index (χ0) is 13.7. The maximum absolute atomic E-state index is 10.1. The van der Waals surface area contributed by atoms with Crippen LogP contribution in [0.2, 0.25) is 0 Å². The van der Waals surface area contributed by atoms with Gasteiger partial charge in [0.05, 0.1) is 6.10 Å². The van der Waals surface area contributed by atoms with Gasteiger partial charge < -0.3 is 15.5 Å². The minimum atomic E-state index is -0.954. The average molecular weight is 275 g/mol. The second-order valence-corrected chi connectivity index (χ2v) is 4.64. The van der Waals surface area contributed by atoms with Crippen molar-refractivity contribution in [3.05, 3.63) is 60.2 Å². The first-order valence-electron chi connectivity index (χ1n) is 6.10. The lowest BCUT2D eigenvalue weighted by atomic mass is 10.0.